The smallest absolute Gasteiger partial charge is 0.314 e. The third kappa shape index (κ3) is 13.2. The van der Waals surface area contributed by atoms with E-state index in [1.54, 1.807) is 0 Å². The lowest BCUT2D eigenvalue weighted by atomic mass is 10.3. The maximum Gasteiger partial charge on any atom is 0.314 e. The maximum absolute atomic E-state index is 11.2. The van der Waals surface area contributed by atoms with Crippen LogP contribution in [0, 0.1) is 0 Å². The molecule has 0 aromatic heterocycles. The second-order valence-corrected chi connectivity index (χ2v) is 3.86. The summed E-state index contributed by atoms with van der Waals surface area (Å²) in [7, 11) is 1.89. The highest BCUT2D eigenvalue weighted by atomic mass is 16.5. The second-order valence-electron chi connectivity index (χ2n) is 3.86. The van der Waals surface area contributed by atoms with Crippen LogP contribution in [0.15, 0.2) is 0 Å². The van der Waals surface area contributed by atoms with Crippen LogP contribution in [-0.2, 0) is 9.47 Å². The van der Waals surface area contributed by atoms with E-state index >= 15 is 0 Å². The van der Waals surface area contributed by atoms with Crippen LogP contribution in [0.1, 0.15) is 19.8 Å². The minimum atomic E-state index is -0.127. The predicted molar refractivity (Wildman–Crippen MR) is 71.9 cm³/mol. The van der Waals surface area contributed by atoms with Gasteiger partial charge in [0.25, 0.3) is 0 Å². The SMILES string of the molecule is CCCCNC(=O)NCCOCCOCCNC. The first-order valence-corrected chi connectivity index (χ1v) is 6.63. The van der Waals surface area contributed by atoms with Gasteiger partial charge in [0.05, 0.1) is 26.4 Å². The lowest BCUT2D eigenvalue weighted by molar-refractivity contribution is 0.0509. The molecule has 6 nitrogen and oxygen atoms in total. The molecule has 3 N–H and O–H groups in total. The van der Waals surface area contributed by atoms with Crippen molar-refractivity contribution in [2.75, 3.05) is 53.1 Å². The first-order valence-electron chi connectivity index (χ1n) is 6.63. The van der Waals surface area contributed by atoms with Gasteiger partial charge in [-0.1, -0.05) is 13.3 Å². The predicted octanol–water partition coefficient (Wildman–Crippen LogP) is 0.338. The lowest BCUT2D eigenvalue weighted by Crippen LogP contribution is -2.37. The molecule has 108 valence electrons. The van der Waals surface area contributed by atoms with Crippen LogP contribution in [0.4, 0.5) is 4.79 Å². The Morgan fingerprint density at radius 1 is 0.944 bits per heavy atom. The van der Waals surface area contributed by atoms with Gasteiger partial charge in [0.1, 0.15) is 0 Å². The molecule has 0 aliphatic rings. The molecule has 0 saturated heterocycles. The third-order valence-corrected chi connectivity index (χ3v) is 2.22. The van der Waals surface area contributed by atoms with Gasteiger partial charge >= 0.3 is 6.03 Å². The molecule has 0 heterocycles. The molecule has 2 amide bonds. The van der Waals surface area contributed by atoms with E-state index < -0.39 is 0 Å². The van der Waals surface area contributed by atoms with E-state index in [0.29, 0.717) is 33.0 Å². The van der Waals surface area contributed by atoms with Crippen molar-refractivity contribution >= 4 is 6.03 Å². The molecule has 0 unspecified atom stereocenters. The van der Waals surface area contributed by atoms with Crippen LogP contribution in [-0.4, -0.2) is 59.1 Å². The van der Waals surface area contributed by atoms with E-state index in [2.05, 4.69) is 22.9 Å². The zero-order valence-corrected chi connectivity index (χ0v) is 11.6. The second kappa shape index (κ2) is 14.2. The zero-order valence-electron chi connectivity index (χ0n) is 11.6. The number of urea groups is 1. The summed E-state index contributed by atoms with van der Waals surface area (Å²) in [4.78, 5) is 11.2. The number of ether oxygens (including phenoxy) is 2. The average molecular weight is 261 g/mol. The quantitative estimate of drug-likeness (QED) is 0.443. The van der Waals surface area contributed by atoms with Gasteiger partial charge in [0.15, 0.2) is 0 Å². The third-order valence-electron chi connectivity index (χ3n) is 2.22. The molecule has 0 fully saturated rings. The molecule has 0 aromatic rings. The highest BCUT2D eigenvalue weighted by Gasteiger charge is 1.97. The van der Waals surface area contributed by atoms with Crippen LogP contribution in [0.3, 0.4) is 0 Å². The summed E-state index contributed by atoms with van der Waals surface area (Å²) in [5.74, 6) is 0. The Balaban J connectivity index is 3.08. The molecule has 18 heavy (non-hydrogen) atoms. The van der Waals surface area contributed by atoms with Crippen molar-refractivity contribution < 1.29 is 14.3 Å². The summed E-state index contributed by atoms with van der Waals surface area (Å²) < 4.78 is 10.6. The Labute approximate surface area is 110 Å². The van der Waals surface area contributed by atoms with Gasteiger partial charge in [0.2, 0.25) is 0 Å². The van der Waals surface area contributed by atoms with Crippen molar-refractivity contribution in [2.45, 2.75) is 19.8 Å². The number of hydrogen-bond donors (Lipinski definition) is 3. The monoisotopic (exact) mass is 261 g/mol. The van der Waals surface area contributed by atoms with Crippen LogP contribution in [0.2, 0.25) is 0 Å². The molecule has 0 aliphatic heterocycles. The summed E-state index contributed by atoms with van der Waals surface area (Å²) >= 11 is 0. The molecule has 0 saturated carbocycles. The highest BCUT2D eigenvalue weighted by molar-refractivity contribution is 5.73. The summed E-state index contributed by atoms with van der Waals surface area (Å²) in [5.41, 5.74) is 0. The number of carbonyl (C=O) groups excluding carboxylic acids is 1. The molecule has 0 radical (unpaired) electrons. The fourth-order valence-corrected chi connectivity index (χ4v) is 1.17. The number of likely N-dealkylation sites (N-methyl/N-ethyl adjacent to an activating group) is 1. The Morgan fingerprint density at radius 2 is 1.56 bits per heavy atom. The minimum Gasteiger partial charge on any atom is -0.378 e. The first kappa shape index (κ1) is 17.2. The topological polar surface area (TPSA) is 71.6 Å². The summed E-state index contributed by atoms with van der Waals surface area (Å²) in [5, 5.41) is 8.49. The zero-order chi connectivity index (χ0) is 13.5. The number of hydrogen-bond acceptors (Lipinski definition) is 4. The highest BCUT2D eigenvalue weighted by Crippen LogP contribution is 1.82. The number of unbranched alkanes of at least 4 members (excludes halogenated alkanes) is 1. The molecule has 0 spiro atoms. The molecule has 0 aromatic carbocycles. The molecular formula is C12H27N3O3. The van der Waals surface area contributed by atoms with Crippen LogP contribution < -0.4 is 16.0 Å². The van der Waals surface area contributed by atoms with Crippen molar-refractivity contribution in [2.24, 2.45) is 0 Å². The van der Waals surface area contributed by atoms with Crippen molar-refractivity contribution in [3.63, 3.8) is 0 Å². The fourth-order valence-electron chi connectivity index (χ4n) is 1.17. The molecule has 0 rings (SSSR count). The van der Waals surface area contributed by atoms with Gasteiger partial charge in [0, 0.05) is 19.6 Å². The van der Waals surface area contributed by atoms with E-state index in [4.69, 9.17) is 9.47 Å². The molecular weight excluding hydrogens is 234 g/mol. The van der Waals surface area contributed by atoms with Crippen molar-refractivity contribution in [1.29, 1.82) is 0 Å². The Morgan fingerprint density at radius 3 is 2.17 bits per heavy atom. The van der Waals surface area contributed by atoms with Crippen molar-refractivity contribution in [3.8, 4) is 0 Å². The van der Waals surface area contributed by atoms with Gasteiger partial charge in [-0.05, 0) is 13.5 Å². The molecule has 0 aliphatic carbocycles. The summed E-state index contributed by atoms with van der Waals surface area (Å²) in [6.07, 6.45) is 2.09. The van der Waals surface area contributed by atoms with Crippen LogP contribution in [0.5, 0.6) is 0 Å². The number of nitrogens with one attached hydrogen (secondary N) is 3. The fraction of sp³-hybridized carbons (Fsp3) is 0.917. The summed E-state index contributed by atoms with van der Waals surface area (Å²) in [6.45, 7) is 6.53. The number of carbonyl (C=O) groups is 1. The minimum absolute atomic E-state index is 0.127. The maximum atomic E-state index is 11.2. The van der Waals surface area contributed by atoms with Crippen LogP contribution in [0.25, 0.3) is 0 Å². The normalized spacial score (nSPS) is 10.3. The van der Waals surface area contributed by atoms with E-state index in [1.165, 1.54) is 0 Å². The van der Waals surface area contributed by atoms with E-state index in [1.807, 2.05) is 7.05 Å². The van der Waals surface area contributed by atoms with Gasteiger partial charge in [-0.25, -0.2) is 4.79 Å². The van der Waals surface area contributed by atoms with E-state index in [-0.39, 0.29) is 6.03 Å². The van der Waals surface area contributed by atoms with Gasteiger partial charge in [-0.3, -0.25) is 0 Å². The Hall–Kier alpha value is -0.850. The van der Waals surface area contributed by atoms with Crippen LogP contribution >= 0.6 is 0 Å². The van der Waals surface area contributed by atoms with Crippen molar-refractivity contribution in [3.05, 3.63) is 0 Å². The average Bonchev–Trinajstić information content (AvgIpc) is 2.37. The number of rotatable bonds is 12. The van der Waals surface area contributed by atoms with Gasteiger partial charge in [-0.15, -0.1) is 0 Å². The first-order chi connectivity index (χ1) is 8.81. The Bertz CT molecular complexity index is 191. The molecule has 0 bridgehead atoms. The Kier molecular flexibility index (Phi) is 13.5. The largest absolute Gasteiger partial charge is 0.378 e. The molecule has 0 atom stereocenters. The van der Waals surface area contributed by atoms with Crippen molar-refractivity contribution in [1.82, 2.24) is 16.0 Å². The number of amides is 2. The van der Waals surface area contributed by atoms with E-state index in [0.717, 1.165) is 25.9 Å². The summed E-state index contributed by atoms with van der Waals surface area (Å²) in [6, 6.07) is -0.127. The lowest BCUT2D eigenvalue weighted by Gasteiger charge is -2.08. The van der Waals surface area contributed by atoms with E-state index in [9.17, 15) is 4.79 Å². The van der Waals surface area contributed by atoms with Gasteiger partial charge in [-0.2, -0.15) is 0 Å². The van der Waals surface area contributed by atoms with Gasteiger partial charge < -0.3 is 25.4 Å². The molecule has 6 heteroatoms. The standard InChI is InChI=1S/C12H27N3O3/c1-3-4-5-14-12(16)15-7-9-18-11-10-17-8-6-13-2/h13H,3-11H2,1-2H3,(H2,14,15,16).